The summed E-state index contributed by atoms with van der Waals surface area (Å²) in [5.41, 5.74) is 0. The Labute approximate surface area is 128 Å². The van der Waals surface area contributed by atoms with Gasteiger partial charge in [0.25, 0.3) is 5.88 Å². The number of rotatable bonds is 2. The average Bonchev–Trinajstić information content (AvgIpc) is 2.49. The molecule has 0 aliphatic rings. The van der Waals surface area contributed by atoms with Crippen LogP contribution in [-0.2, 0) is 9.59 Å². The van der Waals surface area contributed by atoms with E-state index in [1.165, 1.54) is 6.92 Å². The van der Waals surface area contributed by atoms with Gasteiger partial charge in [-0.05, 0) is 6.07 Å². The van der Waals surface area contributed by atoms with Crippen molar-refractivity contribution in [2.45, 2.75) is 13.8 Å². The van der Waals surface area contributed by atoms with Gasteiger partial charge in [-0.1, -0.05) is 6.07 Å². The van der Waals surface area contributed by atoms with Crippen molar-refractivity contribution < 1.29 is 32.2 Å². The molecule has 0 aliphatic carbocycles. The van der Waals surface area contributed by atoms with Crippen molar-refractivity contribution >= 4 is 11.9 Å². The van der Waals surface area contributed by atoms with Gasteiger partial charge in [0.15, 0.2) is 5.82 Å². The summed E-state index contributed by atoms with van der Waals surface area (Å²) < 4.78 is 46.2. The Kier molecular flexibility index (Phi) is 6.66. The molecule has 0 spiro atoms. The molecule has 0 aliphatic heterocycles. The fraction of sp³-hybridized carbons (Fsp3) is 0.143. The maximum atomic E-state index is 12.7. The molecule has 0 aromatic carbocycles. The first kappa shape index (κ1) is 18.1. The first-order valence-corrected chi connectivity index (χ1v) is 6.08. The molecule has 0 amide bonds. The highest BCUT2D eigenvalue weighted by Crippen LogP contribution is 2.18. The van der Waals surface area contributed by atoms with Crippen LogP contribution in [0.4, 0.5) is 13.2 Å². The molecule has 9 heteroatoms. The second kappa shape index (κ2) is 8.47. The summed E-state index contributed by atoms with van der Waals surface area (Å²) in [5.74, 6) is -6.51. The molecule has 6 nitrogen and oxygen atoms in total. The molecule has 2 heterocycles. The summed E-state index contributed by atoms with van der Waals surface area (Å²) >= 11 is 0. The second-order valence-corrected chi connectivity index (χ2v) is 3.89. The molecule has 2 aromatic rings. The van der Waals surface area contributed by atoms with E-state index < -0.39 is 29.3 Å². The van der Waals surface area contributed by atoms with E-state index in [0.29, 0.717) is 12.1 Å². The van der Waals surface area contributed by atoms with Gasteiger partial charge < -0.3 is 9.47 Å². The van der Waals surface area contributed by atoms with Crippen LogP contribution in [-0.4, -0.2) is 21.9 Å². The van der Waals surface area contributed by atoms with Crippen molar-refractivity contribution in [3.63, 3.8) is 0 Å². The van der Waals surface area contributed by atoms with E-state index in [9.17, 15) is 22.8 Å². The summed E-state index contributed by atoms with van der Waals surface area (Å²) in [4.78, 5) is 27.5. The Morgan fingerprint density at radius 3 is 2.13 bits per heavy atom. The first-order valence-electron chi connectivity index (χ1n) is 6.08. The zero-order chi connectivity index (χ0) is 17.4. The summed E-state index contributed by atoms with van der Waals surface area (Å²) in [6.45, 7) is 2.33. The van der Waals surface area contributed by atoms with Crippen LogP contribution < -0.4 is 9.47 Å². The molecule has 0 saturated heterocycles. The quantitative estimate of drug-likeness (QED) is 0.788. The summed E-state index contributed by atoms with van der Waals surface area (Å²) in [6, 6.07) is 5.14. The first-order chi connectivity index (χ1) is 10.8. The zero-order valence-electron chi connectivity index (χ0n) is 12.0. The normalized spacial score (nSPS) is 9.43. The number of ether oxygens (including phenoxy) is 2. The molecular weight excluding hydrogens is 317 g/mol. The fourth-order valence-electron chi connectivity index (χ4n) is 1.19. The van der Waals surface area contributed by atoms with Crippen LogP contribution >= 0.6 is 0 Å². The monoisotopic (exact) mass is 328 g/mol. The van der Waals surface area contributed by atoms with E-state index in [0.717, 1.165) is 6.92 Å². The SMILES string of the molecule is CC(=O)Oc1ccccn1.CC(=O)Oc1ncc(F)c(F)c1F. The van der Waals surface area contributed by atoms with Crippen molar-refractivity contribution in [3.8, 4) is 11.8 Å². The summed E-state index contributed by atoms with van der Waals surface area (Å²) in [5, 5.41) is 0. The maximum absolute atomic E-state index is 12.7. The van der Waals surface area contributed by atoms with Gasteiger partial charge in [0.05, 0.1) is 6.20 Å². The lowest BCUT2D eigenvalue weighted by atomic mass is 10.4. The van der Waals surface area contributed by atoms with Crippen LogP contribution in [0.3, 0.4) is 0 Å². The molecular formula is C14H11F3N2O4. The molecule has 23 heavy (non-hydrogen) atoms. The predicted molar refractivity (Wildman–Crippen MR) is 71.0 cm³/mol. The lowest BCUT2D eigenvalue weighted by Gasteiger charge is -2.01. The van der Waals surface area contributed by atoms with E-state index in [1.54, 1.807) is 24.4 Å². The minimum absolute atomic E-state index is 0.343. The lowest BCUT2D eigenvalue weighted by molar-refractivity contribution is -0.133. The number of halogens is 3. The molecule has 0 bridgehead atoms. The van der Waals surface area contributed by atoms with Crippen LogP contribution in [0.15, 0.2) is 30.6 Å². The molecule has 0 N–H and O–H groups in total. The van der Waals surface area contributed by atoms with Crippen molar-refractivity contribution in [2.75, 3.05) is 0 Å². The molecule has 0 unspecified atom stereocenters. The third-order valence-corrected chi connectivity index (χ3v) is 2.01. The smallest absolute Gasteiger partial charge is 0.309 e. The molecule has 122 valence electrons. The van der Waals surface area contributed by atoms with E-state index in [1.807, 2.05) is 0 Å². The minimum atomic E-state index is -1.72. The summed E-state index contributed by atoms with van der Waals surface area (Å²) in [6.07, 6.45) is 2.00. The van der Waals surface area contributed by atoms with Gasteiger partial charge in [-0.2, -0.15) is 4.39 Å². The van der Waals surface area contributed by atoms with E-state index in [4.69, 9.17) is 0 Å². The number of nitrogens with zero attached hydrogens (tertiary/aromatic N) is 2. The van der Waals surface area contributed by atoms with Crippen LogP contribution in [0.25, 0.3) is 0 Å². The van der Waals surface area contributed by atoms with Gasteiger partial charge in [-0.3, -0.25) is 9.59 Å². The zero-order valence-corrected chi connectivity index (χ0v) is 12.0. The molecule has 0 saturated carbocycles. The van der Waals surface area contributed by atoms with Crippen molar-refractivity contribution in [3.05, 3.63) is 48.0 Å². The summed E-state index contributed by atoms with van der Waals surface area (Å²) in [7, 11) is 0. The second-order valence-electron chi connectivity index (χ2n) is 3.89. The maximum Gasteiger partial charge on any atom is 0.309 e. The van der Waals surface area contributed by atoms with Crippen LogP contribution in [0, 0.1) is 17.5 Å². The number of aromatic nitrogens is 2. The predicted octanol–water partition coefficient (Wildman–Crippen LogP) is 2.43. The number of pyridine rings is 2. The largest absolute Gasteiger partial charge is 0.408 e. The molecule has 0 radical (unpaired) electrons. The Bertz CT molecular complexity index is 696. The van der Waals surface area contributed by atoms with E-state index >= 15 is 0 Å². The van der Waals surface area contributed by atoms with Gasteiger partial charge in [-0.15, -0.1) is 0 Å². The Morgan fingerprint density at radius 2 is 1.61 bits per heavy atom. The molecule has 0 atom stereocenters. The van der Waals surface area contributed by atoms with Crippen LogP contribution in [0.2, 0.25) is 0 Å². The van der Waals surface area contributed by atoms with Crippen molar-refractivity contribution in [2.24, 2.45) is 0 Å². The number of hydrogen-bond donors (Lipinski definition) is 0. The molecule has 2 aromatic heterocycles. The minimum Gasteiger partial charge on any atom is -0.408 e. The van der Waals surface area contributed by atoms with Gasteiger partial charge in [-0.25, -0.2) is 18.7 Å². The van der Waals surface area contributed by atoms with Crippen molar-refractivity contribution in [1.82, 2.24) is 9.97 Å². The van der Waals surface area contributed by atoms with E-state index in [-0.39, 0.29) is 5.97 Å². The van der Waals surface area contributed by atoms with E-state index in [2.05, 4.69) is 19.4 Å². The lowest BCUT2D eigenvalue weighted by Crippen LogP contribution is -2.07. The Balaban J connectivity index is 0.000000238. The molecule has 0 fully saturated rings. The fourth-order valence-corrected chi connectivity index (χ4v) is 1.19. The highest BCUT2D eigenvalue weighted by Gasteiger charge is 2.17. The van der Waals surface area contributed by atoms with Crippen molar-refractivity contribution in [1.29, 1.82) is 0 Å². The topological polar surface area (TPSA) is 78.4 Å². The van der Waals surface area contributed by atoms with Crippen LogP contribution in [0.1, 0.15) is 13.8 Å². The Hall–Kier alpha value is -2.97. The number of carbonyl (C=O) groups excluding carboxylic acids is 2. The number of carbonyl (C=O) groups is 2. The standard InChI is InChI=1S/C7H4F3NO2.C7H7NO2/c1-3(12)13-7-6(10)5(9)4(8)2-11-7;1-6(9)10-7-4-2-3-5-8-7/h2H,1H3;2-5H,1H3. The third-order valence-electron chi connectivity index (χ3n) is 2.01. The van der Waals surface area contributed by atoms with Gasteiger partial charge >= 0.3 is 11.9 Å². The highest BCUT2D eigenvalue weighted by molar-refractivity contribution is 5.69. The van der Waals surface area contributed by atoms with Gasteiger partial charge in [0, 0.05) is 26.1 Å². The number of esters is 2. The highest BCUT2D eigenvalue weighted by atomic mass is 19.2. The molecule has 2 rings (SSSR count). The van der Waals surface area contributed by atoms with Gasteiger partial charge in [0.2, 0.25) is 17.5 Å². The van der Waals surface area contributed by atoms with Crippen LogP contribution in [0.5, 0.6) is 11.8 Å². The van der Waals surface area contributed by atoms with Gasteiger partial charge in [0.1, 0.15) is 0 Å². The number of hydrogen-bond acceptors (Lipinski definition) is 6. The Morgan fingerprint density at radius 1 is 0.957 bits per heavy atom. The third kappa shape index (κ3) is 6.12. The average molecular weight is 328 g/mol.